The predicted molar refractivity (Wildman–Crippen MR) is 82.9 cm³/mol. The van der Waals surface area contributed by atoms with E-state index in [9.17, 15) is 9.59 Å². The predicted octanol–water partition coefficient (Wildman–Crippen LogP) is 2.20. The Morgan fingerprint density at radius 2 is 2.00 bits per heavy atom. The van der Waals surface area contributed by atoms with Crippen LogP contribution < -0.4 is 10.1 Å². The Kier molecular flexibility index (Phi) is 4.74. The number of carboxylic acids is 1. The van der Waals surface area contributed by atoms with E-state index in [4.69, 9.17) is 9.84 Å². The maximum atomic E-state index is 12.1. The van der Waals surface area contributed by atoms with E-state index in [0.29, 0.717) is 19.4 Å². The number of carbonyl (C=O) groups excluding carboxylic acids is 1. The van der Waals surface area contributed by atoms with Crippen LogP contribution in [0, 0.1) is 11.8 Å². The summed E-state index contributed by atoms with van der Waals surface area (Å²) in [4.78, 5) is 23.1. The first-order chi connectivity index (χ1) is 10.3. The highest BCUT2D eigenvalue weighted by Gasteiger charge is 2.41. The van der Waals surface area contributed by atoms with E-state index in [1.165, 1.54) is 0 Å². The van der Waals surface area contributed by atoms with E-state index >= 15 is 0 Å². The summed E-state index contributed by atoms with van der Waals surface area (Å²) in [5.41, 5.74) is 0.808. The lowest BCUT2D eigenvalue weighted by Crippen LogP contribution is -2.47. The van der Waals surface area contributed by atoms with Gasteiger partial charge in [-0.3, -0.25) is 9.59 Å². The molecule has 1 aromatic rings. The number of hydrogen-bond acceptors (Lipinski definition) is 3. The van der Waals surface area contributed by atoms with Crippen LogP contribution >= 0.6 is 0 Å². The molecular formula is C17H23NO4. The molecule has 22 heavy (non-hydrogen) atoms. The molecule has 5 heteroatoms. The van der Waals surface area contributed by atoms with E-state index in [1.54, 1.807) is 7.11 Å². The van der Waals surface area contributed by atoms with Crippen LogP contribution in [0.4, 0.5) is 0 Å². The van der Waals surface area contributed by atoms with Crippen molar-refractivity contribution in [2.24, 2.45) is 11.8 Å². The summed E-state index contributed by atoms with van der Waals surface area (Å²) in [5.74, 6) is -1.17. The van der Waals surface area contributed by atoms with Gasteiger partial charge in [-0.2, -0.15) is 0 Å². The van der Waals surface area contributed by atoms with Gasteiger partial charge in [0.25, 0.3) is 0 Å². The zero-order chi connectivity index (χ0) is 16.3. The summed E-state index contributed by atoms with van der Waals surface area (Å²) >= 11 is 0. The quantitative estimate of drug-likeness (QED) is 0.845. The van der Waals surface area contributed by atoms with Crippen molar-refractivity contribution in [3.63, 3.8) is 0 Å². The third-order valence-electron chi connectivity index (χ3n) is 4.48. The number of nitrogens with one attached hydrogen (secondary N) is 1. The molecule has 2 N–H and O–H groups in total. The number of carbonyl (C=O) groups is 2. The fourth-order valence-electron chi connectivity index (χ4n) is 2.69. The van der Waals surface area contributed by atoms with Crippen molar-refractivity contribution in [2.45, 2.75) is 32.1 Å². The SMILES string of the molecule is COc1cccc(C(C)(C)CNC(=O)C2CCC2C(=O)O)c1. The van der Waals surface area contributed by atoms with Crippen LogP contribution in [0.1, 0.15) is 32.3 Å². The fourth-order valence-corrected chi connectivity index (χ4v) is 2.69. The molecular weight excluding hydrogens is 282 g/mol. The molecule has 1 aromatic carbocycles. The Morgan fingerprint density at radius 3 is 2.55 bits per heavy atom. The number of rotatable bonds is 6. The minimum absolute atomic E-state index is 0.158. The van der Waals surface area contributed by atoms with Crippen LogP contribution in [-0.4, -0.2) is 30.6 Å². The van der Waals surface area contributed by atoms with Crippen LogP contribution in [0.25, 0.3) is 0 Å². The first-order valence-corrected chi connectivity index (χ1v) is 7.50. The van der Waals surface area contributed by atoms with Crippen molar-refractivity contribution in [1.82, 2.24) is 5.32 Å². The van der Waals surface area contributed by atoms with Crippen LogP contribution in [0.3, 0.4) is 0 Å². The zero-order valence-corrected chi connectivity index (χ0v) is 13.3. The lowest BCUT2D eigenvalue weighted by molar-refractivity contribution is -0.152. The van der Waals surface area contributed by atoms with E-state index < -0.39 is 17.8 Å². The second kappa shape index (κ2) is 6.38. The molecule has 120 valence electrons. The molecule has 2 rings (SSSR count). The second-order valence-corrected chi connectivity index (χ2v) is 6.46. The van der Waals surface area contributed by atoms with Crippen molar-refractivity contribution in [3.05, 3.63) is 29.8 Å². The van der Waals surface area contributed by atoms with Gasteiger partial charge in [0.2, 0.25) is 5.91 Å². The average molecular weight is 305 g/mol. The Balaban J connectivity index is 1.97. The molecule has 0 bridgehead atoms. The Hall–Kier alpha value is -2.04. The Bertz CT molecular complexity index is 568. The molecule has 2 atom stereocenters. The van der Waals surface area contributed by atoms with Gasteiger partial charge in [-0.1, -0.05) is 26.0 Å². The van der Waals surface area contributed by atoms with Gasteiger partial charge < -0.3 is 15.2 Å². The maximum absolute atomic E-state index is 12.1. The zero-order valence-electron chi connectivity index (χ0n) is 13.3. The molecule has 5 nitrogen and oxygen atoms in total. The molecule has 0 heterocycles. The molecule has 0 radical (unpaired) electrons. The Labute approximate surface area is 130 Å². The first-order valence-electron chi connectivity index (χ1n) is 7.50. The highest BCUT2D eigenvalue weighted by atomic mass is 16.5. The maximum Gasteiger partial charge on any atom is 0.307 e. The van der Waals surface area contributed by atoms with Crippen molar-refractivity contribution in [2.75, 3.05) is 13.7 Å². The molecule has 0 aliphatic heterocycles. The van der Waals surface area contributed by atoms with Crippen molar-refractivity contribution >= 4 is 11.9 Å². The second-order valence-electron chi connectivity index (χ2n) is 6.46. The van der Waals surface area contributed by atoms with Gasteiger partial charge in [-0.05, 0) is 30.5 Å². The highest BCUT2D eigenvalue weighted by molar-refractivity contribution is 5.86. The molecule has 1 aliphatic rings. The normalized spacial score (nSPS) is 20.9. The number of hydrogen-bond donors (Lipinski definition) is 2. The number of benzene rings is 1. The van der Waals surface area contributed by atoms with E-state index in [1.807, 2.05) is 38.1 Å². The number of amides is 1. The van der Waals surface area contributed by atoms with E-state index in [2.05, 4.69) is 5.32 Å². The summed E-state index contributed by atoms with van der Waals surface area (Å²) in [6, 6.07) is 7.75. The lowest BCUT2D eigenvalue weighted by Gasteiger charge is -2.33. The number of methoxy groups -OCH3 is 1. The minimum atomic E-state index is -0.876. The van der Waals surface area contributed by atoms with Gasteiger partial charge in [0.05, 0.1) is 18.9 Å². The minimum Gasteiger partial charge on any atom is -0.497 e. The van der Waals surface area contributed by atoms with Gasteiger partial charge in [0, 0.05) is 12.0 Å². The Morgan fingerprint density at radius 1 is 1.32 bits per heavy atom. The van der Waals surface area contributed by atoms with Gasteiger partial charge in [0.1, 0.15) is 5.75 Å². The number of carboxylic acid groups (broad SMARTS) is 1. The van der Waals surface area contributed by atoms with Crippen LogP contribution in [0.5, 0.6) is 5.75 Å². The summed E-state index contributed by atoms with van der Waals surface area (Å²) in [7, 11) is 1.62. The smallest absolute Gasteiger partial charge is 0.307 e. The van der Waals surface area contributed by atoms with E-state index in [-0.39, 0.29) is 11.3 Å². The molecule has 1 amide bonds. The molecule has 1 saturated carbocycles. The summed E-state index contributed by atoms with van der Waals surface area (Å²) < 4.78 is 5.23. The number of aliphatic carboxylic acids is 1. The van der Waals surface area contributed by atoms with Gasteiger partial charge in [-0.15, -0.1) is 0 Å². The number of ether oxygens (including phenoxy) is 1. The van der Waals surface area contributed by atoms with Crippen LogP contribution in [-0.2, 0) is 15.0 Å². The highest BCUT2D eigenvalue weighted by Crippen LogP contribution is 2.35. The molecule has 1 fully saturated rings. The van der Waals surface area contributed by atoms with Crippen molar-refractivity contribution in [3.8, 4) is 5.75 Å². The summed E-state index contributed by atoms with van der Waals surface area (Å²) in [6.45, 7) is 4.54. The molecule has 1 aliphatic carbocycles. The lowest BCUT2D eigenvalue weighted by atomic mass is 9.73. The molecule has 0 spiro atoms. The molecule has 2 unspecified atom stereocenters. The molecule has 0 aromatic heterocycles. The average Bonchev–Trinajstić information content (AvgIpc) is 2.43. The van der Waals surface area contributed by atoms with Crippen molar-refractivity contribution in [1.29, 1.82) is 0 Å². The molecule has 0 saturated heterocycles. The van der Waals surface area contributed by atoms with Crippen LogP contribution in [0.2, 0.25) is 0 Å². The first kappa shape index (κ1) is 16.3. The monoisotopic (exact) mass is 305 g/mol. The fraction of sp³-hybridized carbons (Fsp3) is 0.529. The van der Waals surface area contributed by atoms with Crippen LogP contribution in [0.15, 0.2) is 24.3 Å². The third-order valence-corrected chi connectivity index (χ3v) is 4.48. The summed E-state index contributed by atoms with van der Waals surface area (Å²) in [6.07, 6.45) is 1.25. The summed E-state index contributed by atoms with van der Waals surface area (Å²) in [5, 5.41) is 11.9. The standard InChI is InChI=1S/C17H23NO4/c1-17(2,11-5-4-6-12(9-11)22-3)10-18-15(19)13-7-8-14(13)16(20)21/h4-6,9,13-14H,7-8,10H2,1-3H3,(H,18,19)(H,20,21). The van der Waals surface area contributed by atoms with Crippen molar-refractivity contribution < 1.29 is 19.4 Å². The van der Waals surface area contributed by atoms with E-state index in [0.717, 1.165) is 11.3 Å². The van der Waals surface area contributed by atoms with Gasteiger partial charge in [0.15, 0.2) is 0 Å². The topological polar surface area (TPSA) is 75.6 Å². The van der Waals surface area contributed by atoms with Gasteiger partial charge >= 0.3 is 5.97 Å². The van der Waals surface area contributed by atoms with Gasteiger partial charge in [-0.25, -0.2) is 0 Å². The largest absolute Gasteiger partial charge is 0.497 e. The third kappa shape index (κ3) is 3.40.